The maximum absolute atomic E-state index is 12.2. The average Bonchev–Trinajstić information content (AvgIpc) is 2.95. The van der Waals surface area contributed by atoms with Crippen LogP contribution in [0.4, 0.5) is 0 Å². The predicted octanol–water partition coefficient (Wildman–Crippen LogP) is 1.53. The lowest BCUT2D eigenvalue weighted by Gasteiger charge is -2.15. The summed E-state index contributed by atoms with van der Waals surface area (Å²) >= 11 is 0. The third kappa shape index (κ3) is 3.98. The van der Waals surface area contributed by atoms with Crippen molar-refractivity contribution in [1.82, 2.24) is 10.2 Å². The van der Waals surface area contributed by atoms with Crippen molar-refractivity contribution in [3.05, 3.63) is 65.2 Å². The zero-order chi connectivity index (χ0) is 19.4. The van der Waals surface area contributed by atoms with Gasteiger partial charge in [0.25, 0.3) is 11.8 Å². The van der Waals surface area contributed by atoms with Crippen LogP contribution < -0.4 is 10.1 Å². The van der Waals surface area contributed by atoms with Gasteiger partial charge in [0.1, 0.15) is 5.75 Å². The van der Waals surface area contributed by atoms with E-state index >= 15 is 0 Å². The summed E-state index contributed by atoms with van der Waals surface area (Å²) in [6.07, 6.45) is -0.889. The van der Waals surface area contributed by atoms with Crippen LogP contribution in [0.1, 0.15) is 38.8 Å². The molecule has 3 rings (SSSR count). The van der Waals surface area contributed by atoms with E-state index in [2.05, 4.69) is 5.32 Å². The molecule has 2 N–H and O–H groups in total. The number of nitrogens with one attached hydrogen (secondary N) is 1. The molecule has 1 aliphatic heterocycles. The number of carbonyl (C=O) groups excluding carboxylic acids is 3. The van der Waals surface area contributed by atoms with Crippen LogP contribution in [0, 0.1) is 0 Å². The minimum absolute atomic E-state index is 0.00316. The van der Waals surface area contributed by atoms with E-state index in [4.69, 9.17) is 4.74 Å². The molecular formula is C20H20N2O5. The highest BCUT2D eigenvalue weighted by molar-refractivity contribution is 6.21. The molecule has 0 spiro atoms. The van der Waals surface area contributed by atoms with Crippen molar-refractivity contribution < 1.29 is 24.2 Å². The van der Waals surface area contributed by atoms with Crippen LogP contribution in [0.5, 0.6) is 5.75 Å². The van der Waals surface area contributed by atoms with Crippen LogP contribution in [0.3, 0.4) is 0 Å². The topological polar surface area (TPSA) is 95.9 Å². The first-order valence-corrected chi connectivity index (χ1v) is 8.55. The summed E-state index contributed by atoms with van der Waals surface area (Å²) in [5.41, 5.74) is 1.37. The number of carbonyl (C=O) groups is 3. The van der Waals surface area contributed by atoms with Crippen molar-refractivity contribution in [2.24, 2.45) is 0 Å². The second kappa shape index (κ2) is 8.01. The Hall–Kier alpha value is -3.19. The molecule has 1 unspecified atom stereocenters. The van der Waals surface area contributed by atoms with Crippen LogP contribution in [0.15, 0.2) is 48.5 Å². The third-order valence-electron chi connectivity index (χ3n) is 4.43. The van der Waals surface area contributed by atoms with E-state index in [1.54, 1.807) is 55.6 Å². The maximum Gasteiger partial charge on any atom is 0.261 e. The van der Waals surface area contributed by atoms with Crippen LogP contribution in [-0.2, 0) is 4.79 Å². The second-order valence-corrected chi connectivity index (χ2v) is 6.15. The summed E-state index contributed by atoms with van der Waals surface area (Å²) in [7, 11) is 1.56. The SMILES string of the molecule is COc1ccc(C(O)CNC(=O)CCN2C(=O)c3ccccc3C2=O)cc1. The number of amides is 3. The molecule has 0 aliphatic carbocycles. The molecule has 2 aromatic carbocycles. The minimum Gasteiger partial charge on any atom is -0.497 e. The number of hydrogen-bond acceptors (Lipinski definition) is 5. The minimum atomic E-state index is -0.862. The average molecular weight is 368 g/mol. The largest absolute Gasteiger partial charge is 0.497 e. The fraction of sp³-hybridized carbons (Fsp3) is 0.250. The zero-order valence-corrected chi connectivity index (χ0v) is 14.8. The van der Waals surface area contributed by atoms with Crippen molar-refractivity contribution >= 4 is 17.7 Å². The standard InChI is InChI=1S/C20H20N2O5/c1-27-14-8-6-13(7-9-14)17(23)12-21-18(24)10-11-22-19(25)15-4-2-3-5-16(15)20(22)26/h2-9,17,23H,10-12H2,1H3,(H,21,24). The summed E-state index contributed by atoms with van der Waals surface area (Å²) < 4.78 is 5.06. The van der Waals surface area contributed by atoms with Gasteiger partial charge in [-0.25, -0.2) is 0 Å². The number of methoxy groups -OCH3 is 1. The Morgan fingerprint density at radius 2 is 1.67 bits per heavy atom. The lowest BCUT2D eigenvalue weighted by molar-refractivity contribution is -0.121. The van der Waals surface area contributed by atoms with Crippen molar-refractivity contribution in [3.63, 3.8) is 0 Å². The van der Waals surface area contributed by atoms with Gasteiger partial charge in [0.05, 0.1) is 24.3 Å². The first kappa shape index (κ1) is 18.6. The van der Waals surface area contributed by atoms with E-state index in [0.717, 1.165) is 4.90 Å². The Morgan fingerprint density at radius 3 is 2.22 bits per heavy atom. The molecule has 27 heavy (non-hydrogen) atoms. The number of aliphatic hydroxyl groups excluding tert-OH is 1. The van der Waals surface area contributed by atoms with Gasteiger partial charge in [-0.15, -0.1) is 0 Å². The molecule has 0 aromatic heterocycles. The number of benzene rings is 2. The highest BCUT2D eigenvalue weighted by Crippen LogP contribution is 2.22. The summed E-state index contributed by atoms with van der Waals surface area (Å²) in [6.45, 7) is 0.0318. The number of hydrogen-bond donors (Lipinski definition) is 2. The normalized spacial score (nSPS) is 14.1. The first-order valence-electron chi connectivity index (χ1n) is 8.55. The molecule has 0 fully saturated rings. The third-order valence-corrected chi connectivity index (χ3v) is 4.43. The molecule has 3 amide bonds. The molecule has 0 bridgehead atoms. The summed E-state index contributed by atoms with van der Waals surface area (Å²) in [4.78, 5) is 37.6. The summed E-state index contributed by atoms with van der Waals surface area (Å²) in [5, 5.41) is 12.8. The van der Waals surface area contributed by atoms with Gasteiger partial charge in [-0.1, -0.05) is 24.3 Å². The van der Waals surface area contributed by atoms with E-state index in [1.807, 2.05) is 0 Å². The lowest BCUT2D eigenvalue weighted by atomic mass is 10.1. The van der Waals surface area contributed by atoms with Crippen molar-refractivity contribution in [2.75, 3.05) is 20.2 Å². The van der Waals surface area contributed by atoms with Gasteiger partial charge in [0, 0.05) is 19.5 Å². The van der Waals surface area contributed by atoms with Crippen molar-refractivity contribution in [3.8, 4) is 5.75 Å². The van der Waals surface area contributed by atoms with Crippen LogP contribution >= 0.6 is 0 Å². The highest BCUT2D eigenvalue weighted by atomic mass is 16.5. The van der Waals surface area contributed by atoms with Gasteiger partial charge in [0.15, 0.2) is 0 Å². The van der Waals surface area contributed by atoms with E-state index in [0.29, 0.717) is 22.4 Å². The Bertz CT molecular complexity index is 828. The number of ether oxygens (including phenoxy) is 1. The van der Waals surface area contributed by atoms with E-state index in [1.165, 1.54) is 0 Å². The van der Waals surface area contributed by atoms with Gasteiger partial charge >= 0.3 is 0 Å². The monoisotopic (exact) mass is 368 g/mol. The molecule has 0 saturated heterocycles. The summed E-state index contributed by atoms with van der Waals surface area (Å²) in [6, 6.07) is 13.5. The zero-order valence-electron chi connectivity index (χ0n) is 14.8. The smallest absolute Gasteiger partial charge is 0.261 e. The van der Waals surface area contributed by atoms with Crippen LogP contribution in [0.25, 0.3) is 0 Å². The fourth-order valence-electron chi connectivity index (χ4n) is 2.90. The Balaban J connectivity index is 1.49. The summed E-state index contributed by atoms with van der Waals surface area (Å²) in [5.74, 6) is -0.446. The van der Waals surface area contributed by atoms with Crippen LogP contribution in [0.2, 0.25) is 0 Å². The molecule has 0 saturated carbocycles. The van der Waals surface area contributed by atoms with Gasteiger partial charge in [0.2, 0.25) is 5.91 Å². The number of nitrogens with zero attached hydrogens (tertiary/aromatic N) is 1. The van der Waals surface area contributed by atoms with Crippen LogP contribution in [-0.4, -0.2) is 47.9 Å². The van der Waals surface area contributed by atoms with Crippen molar-refractivity contribution in [1.29, 1.82) is 0 Å². The molecule has 7 nitrogen and oxygen atoms in total. The Morgan fingerprint density at radius 1 is 1.07 bits per heavy atom. The van der Waals surface area contributed by atoms with Gasteiger partial charge in [-0.05, 0) is 29.8 Å². The van der Waals surface area contributed by atoms with E-state index in [9.17, 15) is 19.5 Å². The fourth-order valence-corrected chi connectivity index (χ4v) is 2.90. The second-order valence-electron chi connectivity index (χ2n) is 6.15. The van der Waals surface area contributed by atoms with E-state index in [-0.39, 0.29) is 37.2 Å². The Kier molecular flexibility index (Phi) is 5.52. The molecular weight excluding hydrogens is 348 g/mol. The maximum atomic E-state index is 12.2. The van der Waals surface area contributed by atoms with Gasteiger partial charge in [-0.2, -0.15) is 0 Å². The molecule has 7 heteroatoms. The highest BCUT2D eigenvalue weighted by Gasteiger charge is 2.34. The van der Waals surface area contributed by atoms with Gasteiger partial charge in [-0.3, -0.25) is 19.3 Å². The molecule has 2 aromatic rings. The predicted molar refractivity (Wildman–Crippen MR) is 97.4 cm³/mol. The number of fused-ring (bicyclic) bond motifs is 1. The molecule has 1 aliphatic rings. The molecule has 140 valence electrons. The van der Waals surface area contributed by atoms with E-state index < -0.39 is 6.10 Å². The van der Waals surface area contributed by atoms with Gasteiger partial charge < -0.3 is 15.2 Å². The molecule has 1 heterocycles. The number of aliphatic hydroxyl groups is 1. The molecule has 1 atom stereocenters. The number of rotatable bonds is 7. The first-order chi connectivity index (χ1) is 13.0. The quantitative estimate of drug-likeness (QED) is 0.723. The lowest BCUT2D eigenvalue weighted by Crippen LogP contribution is -2.35. The molecule has 0 radical (unpaired) electrons. The van der Waals surface area contributed by atoms with Crippen molar-refractivity contribution in [2.45, 2.75) is 12.5 Å². The number of imide groups is 1. The Labute approximate surface area is 156 Å².